The van der Waals surface area contributed by atoms with Gasteiger partial charge in [0.1, 0.15) is 11.8 Å². The Morgan fingerprint density at radius 3 is 2.43 bits per heavy atom. The Kier molecular flexibility index (Phi) is 5.90. The van der Waals surface area contributed by atoms with Gasteiger partial charge < -0.3 is 15.8 Å². The predicted molar refractivity (Wildman–Crippen MR) is 73.4 cm³/mol. The highest BCUT2D eigenvalue weighted by Crippen LogP contribution is 2.24. The molecule has 1 aromatic rings. The topological polar surface area (TPSA) is 81.4 Å². The summed E-state index contributed by atoms with van der Waals surface area (Å²) in [5.41, 5.74) is 4.98. The monoisotopic (exact) mass is 320 g/mol. The SMILES string of the molecule is CC(C)[C@H](NC(=O)c1cc(Cl)ccc1OC(F)F)C(N)=O. The quantitative estimate of drug-likeness (QED) is 0.843. The fourth-order valence-electron chi connectivity index (χ4n) is 1.66. The van der Waals surface area contributed by atoms with Gasteiger partial charge in [0.25, 0.3) is 5.91 Å². The lowest BCUT2D eigenvalue weighted by molar-refractivity contribution is -0.120. The van der Waals surface area contributed by atoms with Crippen LogP contribution in [0.2, 0.25) is 5.02 Å². The van der Waals surface area contributed by atoms with Crippen LogP contribution in [0.1, 0.15) is 24.2 Å². The minimum atomic E-state index is -3.09. The highest BCUT2D eigenvalue weighted by Gasteiger charge is 2.24. The average molecular weight is 321 g/mol. The summed E-state index contributed by atoms with van der Waals surface area (Å²) in [6.07, 6.45) is 0. The number of primary amides is 1. The largest absolute Gasteiger partial charge is 0.434 e. The molecule has 21 heavy (non-hydrogen) atoms. The van der Waals surface area contributed by atoms with Crippen LogP contribution in [0.5, 0.6) is 5.75 Å². The molecular formula is C13H15ClF2N2O3. The number of nitrogens with one attached hydrogen (secondary N) is 1. The van der Waals surface area contributed by atoms with E-state index in [9.17, 15) is 18.4 Å². The van der Waals surface area contributed by atoms with Crippen LogP contribution in [0.25, 0.3) is 0 Å². The van der Waals surface area contributed by atoms with Gasteiger partial charge in [-0.25, -0.2) is 0 Å². The molecule has 2 amide bonds. The van der Waals surface area contributed by atoms with Gasteiger partial charge in [0.15, 0.2) is 0 Å². The summed E-state index contributed by atoms with van der Waals surface area (Å²) in [6.45, 7) is 0.281. The molecule has 5 nitrogen and oxygen atoms in total. The van der Waals surface area contributed by atoms with Gasteiger partial charge in [-0.05, 0) is 24.1 Å². The molecule has 0 saturated heterocycles. The van der Waals surface area contributed by atoms with E-state index in [1.807, 2.05) is 0 Å². The van der Waals surface area contributed by atoms with Crippen LogP contribution >= 0.6 is 11.6 Å². The second-order valence-electron chi connectivity index (χ2n) is 4.62. The Bertz CT molecular complexity index is 538. The Hall–Kier alpha value is -1.89. The maximum atomic E-state index is 12.3. The van der Waals surface area contributed by atoms with E-state index in [0.717, 1.165) is 6.07 Å². The van der Waals surface area contributed by atoms with Crippen molar-refractivity contribution in [3.63, 3.8) is 0 Å². The number of amides is 2. The van der Waals surface area contributed by atoms with Crippen molar-refractivity contribution in [2.45, 2.75) is 26.5 Å². The van der Waals surface area contributed by atoms with E-state index in [4.69, 9.17) is 17.3 Å². The van der Waals surface area contributed by atoms with E-state index in [0.29, 0.717) is 0 Å². The minimum Gasteiger partial charge on any atom is -0.434 e. The molecule has 0 aliphatic heterocycles. The lowest BCUT2D eigenvalue weighted by Crippen LogP contribution is -2.47. The van der Waals surface area contributed by atoms with Gasteiger partial charge in [-0.3, -0.25) is 9.59 Å². The molecule has 0 aromatic heterocycles. The van der Waals surface area contributed by atoms with Crippen LogP contribution in [0.3, 0.4) is 0 Å². The lowest BCUT2D eigenvalue weighted by atomic mass is 10.0. The summed E-state index contributed by atoms with van der Waals surface area (Å²) in [5, 5.41) is 2.54. The van der Waals surface area contributed by atoms with Crippen LogP contribution < -0.4 is 15.8 Å². The van der Waals surface area contributed by atoms with E-state index >= 15 is 0 Å². The zero-order chi connectivity index (χ0) is 16.2. The molecule has 1 atom stereocenters. The Morgan fingerprint density at radius 2 is 1.95 bits per heavy atom. The third-order valence-electron chi connectivity index (χ3n) is 2.66. The molecule has 0 bridgehead atoms. The summed E-state index contributed by atoms with van der Waals surface area (Å²) < 4.78 is 28.9. The van der Waals surface area contributed by atoms with Gasteiger partial charge in [-0.15, -0.1) is 0 Å². The Morgan fingerprint density at radius 1 is 1.33 bits per heavy atom. The summed E-state index contributed by atoms with van der Waals surface area (Å²) in [5.74, 6) is -2.09. The summed E-state index contributed by atoms with van der Waals surface area (Å²) >= 11 is 5.74. The lowest BCUT2D eigenvalue weighted by Gasteiger charge is -2.20. The number of hydrogen-bond donors (Lipinski definition) is 2. The molecule has 8 heteroatoms. The van der Waals surface area contributed by atoms with E-state index in [1.54, 1.807) is 13.8 Å². The molecule has 1 aromatic carbocycles. The van der Waals surface area contributed by atoms with Crippen LogP contribution in [-0.4, -0.2) is 24.5 Å². The summed E-state index contributed by atoms with van der Waals surface area (Å²) in [6, 6.07) is 2.70. The molecule has 0 unspecified atom stereocenters. The second-order valence-corrected chi connectivity index (χ2v) is 5.05. The fraction of sp³-hybridized carbons (Fsp3) is 0.385. The molecular weight excluding hydrogens is 306 g/mol. The highest BCUT2D eigenvalue weighted by molar-refractivity contribution is 6.31. The van der Waals surface area contributed by atoms with Gasteiger partial charge in [0, 0.05) is 5.02 Å². The third kappa shape index (κ3) is 4.86. The first-order chi connectivity index (χ1) is 9.72. The number of carbonyl (C=O) groups excluding carboxylic acids is 2. The summed E-state index contributed by atoms with van der Waals surface area (Å²) in [4.78, 5) is 23.4. The van der Waals surface area contributed by atoms with Crippen LogP contribution in [0.15, 0.2) is 18.2 Å². The number of hydrogen-bond acceptors (Lipinski definition) is 3. The number of nitrogens with two attached hydrogens (primary N) is 1. The van der Waals surface area contributed by atoms with Crippen LogP contribution in [0, 0.1) is 5.92 Å². The fourth-order valence-corrected chi connectivity index (χ4v) is 1.84. The minimum absolute atomic E-state index is 0.168. The number of rotatable bonds is 6. The number of alkyl halides is 2. The molecule has 0 fully saturated rings. The Labute approximate surface area is 125 Å². The molecule has 3 N–H and O–H groups in total. The highest BCUT2D eigenvalue weighted by atomic mass is 35.5. The Balaban J connectivity index is 3.05. The number of carbonyl (C=O) groups is 2. The molecule has 0 spiro atoms. The van der Waals surface area contributed by atoms with E-state index in [1.165, 1.54) is 12.1 Å². The molecule has 0 radical (unpaired) electrons. The van der Waals surface area contributed by atoms with Crippen molar-refractivity contribution in [3.8, 4) is 5.75 Å². The first kappa shape index (κ1) is 17.2. The molecule has 0 aliphatic carbocycles. The normalized spacial score (nSPS) is 12.3. The first-order valence-corrected chi connectivity index (χ1v) is 6.44. The summed E-state index contributed by atoms with van der Waals surface area (Å²) in [7, 11) is 0. The standard InChI is InChI=1S/C13H15ClF2N2O3/c1-6(2)10(11(17)19)18-12(20)8-5-7(14)3-4-9(8)21-13(15)16/h3-6,10,13H,1-2H3,(H2,17,19)(H,18,20)/t10-/m0/s1. The van der Waals surface area contributed by atoms with E-state index in [2.05, 4.69) is 10.1 Å². The van der Waals surface area contributed by atoms with Crippen LogP contribution in [0.4, 0.5) is 8.78 Å². The molecule has 116 valence electrons. The van der Waals surface area contributed by atoms with Gasteiger partial charge in [-0.1, -0.05) is 25.4 Å². The average Bonchev–Trinajstić information content (AvgIpc) is 2.36. The molecule has 0 aliphatic rings. The van der Waals surface area contributed by atoms with Gasteiger partial charge in [-0.2, -0.15) is 8.78 Å². The van der Waals surface area contributed by atoms with Crippen molar-refractivity contribution >= 4 is 23.4 Å². The predicted octanol–water partition coefficient (Wildman–Crippen LogP) is 2.18. The van der Waals surface area contributed by atoms with E-state index in [-0.39, 0.29) is 22.3 Å². The number of benzene rings is 1. The molecule has 0 saturated carbocycles. The van der Waals surface area contributed by atoms with Crippen molar-refractivity contribution < 1.29 is 23.1 Å². The zero-order valence-electron chi connectivity index (χ0n) is 11.4. The van der Waals surface area contributed by atoms with Gasteiger partial charge in [0.2, 0.25) is 5.91 Å². The zero-order valence-corrected chi connectivity index (χ0v) is 12.2. The van der Waals surface area contributed by atoms with Crippen molar-refractivity contribution in [1.29, 1.82) is 0 Å². The third-order valence-corrected chi connectivity index (χ3v) is 2.90. The number of ether oxygens (including phenoxy) is 1. The maximum Gasteiger partial charge on any atom is 0.387 e. The first-order valence-electron chi connectivity index (χ1n) is 6.07. The van der Waals surface area contributed by atoms with Gasteiger partial charge in [0.05, 0.1) is 5.56 Å². The maximum absolute atomic E-state index is 12.3. The van der Waals surface area contributed by atoms with E-state index < -0.39 is 24.5 Å². The van der Waals surface area contributed by atoms with Crippen LogP contribution in [-0.2, 0) is 4.79 Å². The smallest absolute Gasteiger partial charge is 0.387 e. The van der Waals surface area contributed by atoms with Crippen molar-refractivity contribution in [2.24, 2.45) is 11.7 Å². The number of halogens is 3. The molecule has 1 rings (SSSR count). The second kappa shape index (κ2) is 7.21. The molecule has 0 heterocycles. The van der Waals surface area contributed by atoms with Gasteiger partial charge >= 0.3 is 6.61 Å². The van der Waals surface area contributed by atoms with Crippen molar-refractivity contribution in [3.05, 3.63) is 28.8 Å². The van der Waals surface area contributed by atoms with Crippen molar-refractivity contribution in [1.82, 2.24) is 5.32 Å². The van der Waals surface area contributed by atoms with Crippen molar-refractivity contribution in [2.75, 3.05) is 0 Å².